The number of H-pyrrole nitrogens is 1. The van der Waals surface area contributed by atoms with Gasteiger partial charge in [-0.25, -0.2) is 0 Å². The van der Waals surface area contributed by atoms with Crippen molar-refractivity contribution in [3.05, 3.63) is 23.8 Å². The van der Waals surface area contributed by atoms with E-state index in [0.717, 1.165) is 16.2 Å². The summed E-state index contributed by atoms with van der Waals surface area (Å²) in [6.07, 6.45) is 0. The Bertz CT molecular complexity index is 410. The molecule has 4 heteroatoms. The molecular weight excluding hydrogens is 222 g/mol. The molecule has 0 saturated heterocycles. The fraction of sp³-hybridized carbons (Fsp3) is 0.125. The van der Waals surface area contributed by atoms with Gasteiger partial charge in [-0.05, 0) is 0 Å². The molecule has 0 unspecified atom stereocenters. The first-order chi connectivity index (χ1) is 5.79. The summed E-state index contributed by atoms with van der Waals surface area (Å²) in [4.78, 5) is 7.69. The van der Waals surface area contributed by atoms with E-state index in [1.165, 1.54) is 22.6 Å². The number of nitrogens with one attached hydrogen (secondary N) is 1. The summed E-state index contributed by atoms with van der Waals surface area (Å²) >= 11 is 1.18. The third kappa shape index (κ3) is 1.41. The van der Waals surface area contributed by atoms with E-state index < -0.39 is 0 Å². The van der Waals surface area contributed by atoms with E-state index in [-0.39, 0.29) is 0 Å². The van der Waals surface area contributed by atoms with Crippen molar-refractivity contribution in [3.8, 4) is 0 Å². The molecule has 0 aliphatic heterocycles. The van der Waals surface area contributed by atoms with Crippen LogP contribution in [0.1, 0.15) is 5.56 Å². The van der Waals surface area contributed by atoms with Gasteiger partial charge >= 0.3 is 83.7 Å². The maximum absolute atomic E-state index is 4.43. The average molecular weight is 229 g/mol. The zero-order valence-corrected chi connectivity index (χ0v) is 10.6. The van der Waals surface area contributed by atoms with Crippen molar-refractivity contribution in [2.24, 2.45) is 0 Å². The first kappa shape index (κ1) is 8.27. The van der Waals surface area contributed by atoms with Crippen LogP contribution in [0.15, 0.2) is 23.4 Å². The summed E-state index contributed by atoms with van der Waals surface area (Å²) in [6.45, 7) is 2.08. The number of benzene rings is 1. The van der Waals surface area contributed by atoms with Gasteiger partial charge in [-0.1, -0.05) is 0 Å². The first-order valence-corrected chi connectivity index (χ1v) is 8.30. The Morgan fingerprint density at radius 3 is 3.08 bits per heavy atom. The van der Waals surface area contributed by atoms with Crippen LogP contribution in [0.25, 0.3) is 11.0 Å². The van der Waals surface area contributed by atoms with Crippen LogP contribution < -0.4 is 0 Å². The Hall–Kier alpha value is -0.337. The number of hydrogen-bond donors (Lipinski definition) is 1. The van der Waals surface area contributed by atoms with Crippen molar-refractivity contribution >= 4 is 20.8 Å². The van der Waals surface area contributed by atoms with Crippen molar-refractivity contribution in [2.75, 3.05) is 0 Å². The number of imidazole rings is 1. The van der Waals surface area contributed by atoms with Gasteiger partial charge in [0.05, 0.1) is 0 Å². The summed E-state index contributed by atoms with van der Waals surface area (Å²) < 4.78 is 0. The molecule has 1 heterocycles. The number of aryl methyl sites for hydroxylation is 1. The zero-order chi connectivity index (χ0) is 8.55. The molecule has 1 N–H and O–H groups in total. The molecule has 0 aliphatic rings. The Morgan fingerprint density at radius 1 is 1.50 bits per heavy atom. The predicted octanol–water partition coefficient (Wildman–Crippen LogP) is 2.43. The number of hydrogen-bond acceptors (Lipinski definition) is 2. The van der Waals surface area contributed by atoms with Gasteiger partial charge in [0.2, 0.25) is 0 Å². The Labute approximate surface area is 83.7 Å². The second-order valence-corrected chi connectivity index (χ2v) is 5.20. The molecule has 0 spiro atoms. The Kier molecular flexibility index (Phi) is 2.20. The van der Waals surface area contributed by atoms with Crippen LogP contribution in [0.2, 0.25) is 0 Å². The van der Waals surface area contributed by atoms with Crippen molar-refractivity contribution in [1.29, 1.82) is 0 Å². The van der Waals surface area contributed by atoms with Gasteiger partial charge < -0.3 is 0 Å². The fourth-order valence-electron chi connectivity index (χ4n) is 1.16. The normalized spacial score (nSPS) is 10.9. The zero-order valence-electron chi connectivity index (χ0n) is 6.79. The summed E-state index contributed by atoms with van der Waals surface area (Å²) in [6, 6.07) is 6.28. The summed E-state index contributed by atoms with van der Waals surface area (Å²) in [5, 5.41) is 1.04. The first-order valence-electron chi connectivity index (χ1n) is 3.68. The van der Waals surface area contributed by atoms with Crippen LogP contribution in [0.3, 0.4) is 0 Å². The molecule has 0 saturated carbocycles. The van der Waals surface area contributed by atoms with Gasteiger partial charge in [0.1, 0.15) is 0 Å². The van der Waals surface area contributed by atoms with Crippen LogP contribution in [0, 0.1) is 6.92 Å². The molecule has 57 valence electrons. The standard InChI is InChI=1S/C8H8N2S.Zn/c1-5-2-3-6-7(4-5)10-8(11)9-6;/h2-4H,1H3,(H2,9,10,11);/q;+1/p-1. The van der Waals surface area contributed by atoms with E-state index in [4.69, 9.17) is 0 Å². The molecule has 0 fully saturated rings. The Balaban J connectivity index is 2.67. The average Bonchev–Trinajstić information content (AvgIpc) is 2.46. The molecule has 2 aromatic rings. The van der Waals surface area contributed by atoms with Crippen LogP contribution in [-0.4, -0.2) is 9.97 Å². The molecule has 2 rings (SSSR count). The van der Waals surface area contributed by atoms with Crippen molar-refractivity contribution < 1.29 is 17.1 Å². The summed E-state index contributed by atoms with van der Waals surface area (Å²) in [7, 11) is 1.76. The van der Waals surface area contributed by atoms with Crippen molar-refractivity contribution in [2.45, 2.75) is 12.1 Å². The fourth-order valence-corrected chi connectivity index (χ4v) is 2.37. The molecule has 0 radical (unpaired) electrons. The molecule has 1 aromatic carbocycles. The summed E-state index contributed by atoms with van der Waals surface area (Å²) in [5.74, 6) is 0. The minimum atomic E-state index is 1.04. The molecule has 1 aromatic heterocycles. The van der Waals surface area contributed by atoms with Gasteiger partial charge in [0.15, 0.2) is 0 Å². The molecule has 12 heavy (non-hydrogen) atoms. The topological polar surface area (TPSA) is 28.7 Å². The van der Waals surface area contributed by atoms with E-state index >= 15 is 0 Å². The number of aromatic nitrogens is 2. The van der Waals surface area contributed by atoms with Gasteiger partial charge in [0, 0.05) is 0 Å². The van der Waals surface area contributed by atoms with E-state index in [1.807, 2.05) is 0 Å². The number of aromatic amines is 1. The number of fused-ring (bicyclic) bond motifs is 1. The van der Waals surface area contributed by atoms with Crippen LogP contribution in [0.5, 0.6) is 0 Å². The van der Waals surface area contributed by atoms with Crippen LogP contribution >= 0.6 is 9.75 Å². The molecule has 0 amide bonds. The van der Waals surface area contributed by atoms with Gasteiger partial charge in [-0.2, -0.15) is 0 Å². The van der Waals surface area contributed by atoms with E-state index in [1.54, 1.807) is 9.75 Å². The maximum atomic E-state index is 4.43. The second kappa shape index (κ2) is 3.19. The SMILES string of the molecule is Cc1ccc2[nH]c([S][Zn])nc2c1. The van der Waals surface area contributed by atoms with Crippen LogP contribution in [0.4, 0.5) is 0 Å². The molecule has 0 aliphatic carbocycles. The number of rotatable bonds is 1. The van der Waals surface area contributed by atoms with E-state index in [2.05, 4.69) is 35.1 Å². The van der Waals surface area contributed by atoms with Gasteiger partial charge in [-0.3, -0.25) is 0 Å². The van der Waals surface area contributed by atoms with Gasteiger partial charge in [0.25, 0.3) is 0 Å². The van der Waals surface area contributed by atoms with E-state index in [9.17, 15) is 0 Å². The van der Waals surface area contributed by atoms with Crippen LogP contribution in [-0.2, 0) is 17.1 Å². The third-order valence-electron chi connectivity index (χ3n) is 1.75. The van der Waals surface area contributed by atoms with E-state index in [0.29, 0.717) is 0 Å². The summed E-state index contributed by atoms with van der Waals surface area (Å²) in [5.41, 5.74) is 3.47. The minimum absolute atomic E-state index is 1.04. The molecule has 0 atom stereocenters. The van der Waals surface area contributed by atoms with Crippen molar-refractivity contribution in [1.82, 2.24) is 9.97 Å². The molecular formula is C8H7N2SZn. The molecule has 0 bridgehead atoms. The third-order valence-corrected chi connectivity index (χ3v) is 3.94. The monoisotopic (exact) mass is 227 g/mol. The molecule has 2 nitrogen and oxygen atoms in total. The predicted molar refractivity (Wildman–Crippen MR) is 46.7 cm³/mol. The number of nitrogens with zero attached hydrogens (tertiary/aromatic N) is 1. The van der Waals surface area contributed by atoms with Gasteiger partial charge in [-0.15, -0.1) is 0 Å². The quantitative estimate of drug-likeness (QED) is 0.760. The second-order valence-electron chi connectivity index (χ2n) is 2.71. The Morgan fingerprint density at radius 2 is 2.33 bits per heavy atom. The van der Waals surface area contributed by atoms with Crippen molar-refractivity contribution in [3.63, 3.8) is 0 Å².